The first-order valence-corrected chi connectivity index (χ1v) is 9.07. The van der Waals surface area contributed by atoms with Crippen molar-refractivity contribution in [1.29, 1.82) is 0 Å². The Morgan fingerprint density at radius 1 is 1.12 bits per heavy atom. The van der Waals surface area contributed by atoms with Crippen LogP contribution in [0, 0.1) is 17.6 Å². The molecule has 0 aromatic heterocycles. The van der Waals surface area contributed by atoms with Crippen LogP contribution in [-0.4, -0.2) is 23.9 Å². The molecule has 6 heteroatoms. The predicted molar refractivity (Wildman–Crippen MR) is 97.7 cm³/mol. The highest BCUT2D eigenvalue weighted by molar-refractivity contribution is 6.30. The van der Waals surface area contributed by atoms with Gasteiger partial charge in [-0.1, -0.05) is 29.8 Å². The fraction of sp³-hybridized carbons (Fsp3) is 0.350. The summed E-state index contributed by atoms with van der Waals surface area (Å²) in [5.74, 6) is -0.602. The molecule has 2 aromatic carbocycles. The minimum atomic E-state index is -0.295. The summed E-state index contributed by atoms with van der Waals surface area (Å²) in [5.41, 5.74) is 1.49. The van der Waals surface area contributed by atoms with Gasteiger partial charge >= 0.3 is 0 Å². The molecule has 3 nitrogen and oxygen atoms in total. The Bertz CT molecular complexity index is 759. The molecule has 0 spiro atoms. The number of hydrogen-bond acceptors (Lipinski definition) is 2. The van der Waals surface area contributed by atoms with Crippen molar-refractivity contribution >= 4 is 17.5 Å². The molecule has 1 aliphatic rings. The second-order valence-electron chi connectivity index (χ2n) is 6.63. The molecule has 0 atom stereocenters. The predicted octanol–water partition coefficient (Wildman–Crippen LogP) is 4.15. The van der Waals surface area contributed by atoms with E-state index in [1.54, 1.807) is 24.3 Å². The SMILES string of the molecule is O=C(NCc1ccc(F)cc1)C1CCN(Cc2ccc(Cl)cc2F)CC1. The number of likely N-dealkylation sites (tertiary alicyclic amines) is 1. The molecular weight excluding hydrogens is 358 g/mol. The molecular formula is C20H21ClF2N2O. The first kappa shape index (κ1) is 18.8. The summed E-state index contributed by atoms with van der Waals surface area (Å²) in [7, 11) is 0. The average molecular weight is 379 g/mol. The monoisotopic (exact) mass is 378 g/mol. The molecule has 0 unspecified atom stereocenters. The number of hydrogen-bond donors (Lipinski definition) is 1. The highest BCUT2D eigenvalue weighted by atomic mass is 35.5. The molecule has 2 aromatic rings. The lowest BCUT2D eigenvalue weighted by atomic mass is 9.95. The molecule has 1 aliphatic heterocycles. The van der Waals surface area contributed by atoms with Gasteiger partial charge in [0.1, 0.15) is 11.6 Å². The van der Waals surface area contributed by atoms with Crippen LogP contribution in [0.4, 0.5) is 8.78 Å². The standard InChI is InChI=1S/C20H21ClF2N2O/c21-17-4-3-16(19(23)11-17)13-25-9-7-15(8-10-25)20(26)24-12-14-1-5-18(22)6-2-14/h1-6,11,15H,7-10,12-13H2,(H,24,26). The van der Waals surface area contributed by atoms with E-state index < -0.39 is 0 Å². The molecule has 0 bridgehead atoms. The smallest absolute Gasteiger partial charge is 0.223 e. The minimum Gasteiger partial charge on any atom is -0.352 e. The van der Waals surface area contributed by atoms with E-state index in [2.05, 4.69) is 10.2 Å². The topological polar surface area (TPSA) is 32.3 Å². The van der Waals surface area contributed by atoms with Crippen LogP contribution >= 0.6 is 11.6 Å². The lowest BCUT2D eigenvalue weighted by Gasteiger charge is -2.31. The largest absolute Gasteiger partial charge is 0.352 e. The maximum Gasteiger partial charge on any atom is 0.223 e. The number of nitrogens with zero attached hydrogens (tertiary/aromatic N) is 1. The molecule has 0 radical (unpaired) electrons. The van der Waals surface area contributed by atoms with Gasteiger partial charge in [0.15, 0.2) is 0 Å². The van der Waals surface area contributed by atoms with Crippen molar-refractivity contribution in [2.45, 2.75) is 25.9 Å². The van der Waals surface area contributed by atoms with Gasteiger partial charge < -0.3 is 5.32 Å². The van der Waals surface area contributed by atoms with E-state index in [9.17, 15) is 13.6 Å². The van der Waals surface area contributed by atoms with E-state index in [0.717, 1.165) is 31.5 Å². The number of carbonyl (C=O) groups excluding carboxylic acids is 1. The van der Waals surface area contributed by atoms with Crippen molar-refractivity contribution in [3.63, 3.8) is 0 Å². The number of benzene rings is 2. The third-order valence-electron chi connectivity index (χ3n) is 4.75. The number of amides is 1. The van der Waals surface area contributed by atoms with Gasteiger partial charge in [0, 0.05) is 29.6 Å². The van der Waals surface area contributed by atoms with E-state index >= 15 is 0 Å². The van der Waals surface area contributed by atoms with Gasteiger partial charge in [-0.15, -0.1) is 0 Å². The Morgan fingerprint density at radius 3 is 2.46 bits per heavy atom. The highest BCUT2D eigenvalue weighted by Gasteiger charge is 2.25. The quantitative estimate of drug-likeness (QED) is 0.847. The molecule has 1 N–H and O–H groups in total. The minimum absolute atomic E-state index is 0.0200. The van der Waals surface area contributed by atoms with Crippen LogP contribution in [0.2, 0.25) is 5.02 Å². The third-order valence-corrected chi connectivity index (χ3v) is 4.98. The van der Waals surface area contributed by atoms with Gasteiger partial charge in [0.05, 0.1) is 0 Å². The van der Waals surface area contributed by atoms with E-state index in [4.69, 9.17) is 11.6 Å². The van der Waals surface area contributed by atoms with E-state index in [0.29, 0.717) is 23.7 Å². The van der Waals surface area contributed by atoms with Gasteiger partial charge in [0.25, 0.3) is 0 Å². The van der Waals surface area contributed by atoms with E-state index in [1.807, 2.05) is 0 Å². The fourth-order valence-electron chi connectivity index (χ4n) is 3.18. The summed E-state index contributed by atoms with van der Waals surface area (Å²) in [6, 6.07) is 10.8. The molecule has 0 aliphatic carbocycles. The van der Waals surface area contributed by atoms with Crippen molar-refractivity contribution in [3.05, 3.63) is 70.2 Å². The average Bonchev–Trinajstić information content (AvgIpc) is 2.64. The normalized spacial score (nSPS) is 15.8. The van der Waals surface area contributed by atoms with Crippen LogP contribution in [0.1, 0.15) is 24.0 Å². The zero-order valence-electron chi connectivity index (χ0n) is 14.4. The summed E-state index contributed by atoms with van der Waals surface area (Å²) >= 11 is 5.78. The van der Waals surface area contributed by atoms with Gasteiger partial charge in [-0.25, -0.2) is 8.78 Å². The van der Waals surface area contributed by atoms with Crippen molar-refractivity contribution in [1.82, 2.24) is 10.2 Å². The second kappa shape index (κ2) is 8.60. The van der Waals surface area contributed by atoms with Crippen molar-refractivity contribution in [2.75, 3.05) is 13.1 Å². The van der Waals surface area contributed by atoms with Gasteiger partial charge in [0.2, 0.25) is 5.91 Å². The number of halogens is 3. The summed E-state index contributed by atoms with van der Waals surface area (Å²) < 4.78 is 26.8. The highest BCUT2D eigenvalue weighted by Crippen LogP contribution is 2.21. The molecule has 1 fully saturated rings. The molecule has 26 heavy (non-hydrogen) atoms. The second-order valence-corrected chi connectivity index (χ2v) is 7.07. The molecule has 0 saturated carbocycles. The lowest BCUT2D eigenvalue weighted by Crippen LogP contribution is -2.40. The first-order chi connectivity index (χ1) is 12.5. The first-order valence-electron chi connectivity index (χ1n) is 8.69. The Hall–Kier alpha value is -1.98. The van der Waals surface area contributed by atoms with E-state index in [-0.39, 0.29) is 23.5 Å². The number of piperidine rings is 1. The van der Waals surface area contributed by atoms with Crippen LogP contribution in [0.3, 0.4) is 0 Å². The maximum absolute atomic E-state index is 13.9. The van der Waals surface area contributed by atoms with Crippen LogP contribution in [0.15, 0.2) is 42.5 Å². The van der Waals surface area contributed by atoms with Gasteiger partial charge in [-0.2, -0.15) is 0 Å². The summed E-state index contributed by atoms with van der Waals surface area (Å²) in [6.45, 7) is 2.41. The van der Waals surface area contributed by atoms with Crippen LogP contribution in [0.25, 0.3) is 0 Å². The molecule has 3 rings (SSSR count). The zero-order valence-corrected chi connectivity index (χ0v) is 15.1. The molecule has 1 heterocycles. The Labute approximate surface area is 157 Å². The zero-order chi connectivity index (χ0) is 18.5. The number of rotatable bonds is 5. The third kappa shape index (κ3) is 5.02. The van der Waals surface area contributed by atoms with Crippen molar-refractivity contribution in [2.24, 2.45) is 5.92 Å². The number of nitrogens with one attached hydrogen (secondary N) is 1. The Morgan fingerprint density at radius 2 is 1.81 bits per heavy atom. The molecule has 138 valence electrons. The maximum atomic E-state index is 13.9. The summed E-state index contributed by atoms with van der Waals surface area (Å²) in [5, 5.41) is 3.30. The van der Waals surface area contributed by atoms with Crippen LogP contribution < -0.4 is 5.32 Å². The Balaban J connectivity index is 1.45. The lowest BCUT2D eigenvalue weighted by molar-refractivity contribution is -0.126. The van der Waals surface area contributed by atoms with Crippen LogP contribution in [-0.2, 0) is 17.9 Å². The van der Waals surface area contributed by atoms with Crippen LogP contribution in [0.5, 0.6) is 0 Å². The number of carbonyl (C=O) groups is 1. The molecule has 1 saturated heterocycles. The molecule has 1 amide bonds. The van der Waals surface area contributed by atoms with Crippen molar-refractivity contribution < 1.29 is 13.6 Å². The van der Waals surface area contributed by atoms with E-state index in [1.165, 1.54) is 18.2 Å². The fourth-order valence-corrected chi connectivity index (χ4v) is 3.34. The van der Waals surface area contributed by atoms with Gasteiger partial charge in [-0.3, -0.25) is 9.69 Å². The van der Waals surface area contributed by atoms with Crippen molar-refractivity contribution in [3.8, 4) is 0 Å². The Kier molecular flexibility index (Phi) is 6.22. The van der Waals surface area contributed by atoms with Gasteiger partial charge in [-0.05, 0) is 55.8 Å². The summed E-state index contributed by atoms with van der Waals surface area (Å²) in [4.78, 5) is 14.5. The summed E-state index contributed by atoms with van der Waals surface area (Å²) in [6.07, 6.45) is 1.48.